The van der Waals surface area contributed by atoms with E-state index in [1.807, 2.05) is 0 Å². The molecule has 0 spiro atoms. The zero-order chi connectivity index (χ0) is 12.3. The molecule has 18 heavy (non-hydrogen) atoms. The Morgan fingerprint density at radius 2 is 1.17 bits per heavy atom. The minimum Gasteiger partial charge on any atom is -0.479 e. The van der Waals surface area contributed by atoms with Gasteiger partial charge in [0.05, 0.1) is 0 Å². The summed E-state index contributed by atoms with van der Waals surface area (Å²) in [6, 6.07) is 16.7. The molecule has 0 aliphatic rings. The zero-order valence-electron chi connectivity index (χ0n) is 9.48. The van der Waals surface area contributed by atoms with Crippen LogP contribution in [0.5, 0.6) is 0 Å². The molecule has 2 aromatic rings. The number of carbonyl (C=O) groups is 1. The second-order valence-electron chi connectivity index (χ2n) is 3.75. The highest BCUT2D eigenvalue weighted by atomic mass is 79.9. The Kier molecular flexibility index (Phi) is 4.64. The van der Waals surface area contributed by atoms with Gasteiger partial charge in [-0.3, -0.25) is 0 Å². The van der Waals surface area contributed by atoms with Crippen molar-refractivity contribution in [1.82, 2.24) is 0 Å². The smallest absolute Gasteiger partial charge is 0.345 e. The molecule has 0 radical (unpaired) electrons. The van der Waals surface area contributed by atoms with Crippen molar-refractivity contribution in [2.24, 2.45) is 0 Å². The summed E-state index contributed by atoms with van der Waals surface area (Å²) in [6.07, 6.45) is 0. The van der Waals surface area contributed by atoms with Gasteiger partial charge in [-0.2, -0.15) is 0 Å². The number of aliphatic carboxylic acids is 1. The van der Waals surface area contributed by atoms with E-state index in [4.69, 9.17) is 0 Å². The molecule has 0 aliphatic heterocycles. The van der Waals surface area contributed by atoms with E-state index in [-0.39, 0.29) is 17.0 Å². The van der Waals surface area contributed by atoms with Crippen LogP contribution in [0.1, 0.15) is 11.1 Å². The molecule has 94 valence electrons. The predicted molar refractivity (Wildman–Crippen MR) is 73.8 cm³/mol. The van der Waals surface area contributed by atoms with Gasteiger partial charge in [-0.05, 0) is 11.1 Å². The van der Waals surface area contributed by atoms with Gasteiger partial charge in [-0.1, -0.05) is 60.7 Å². The van der Waals surface area contributed by atoms with Gasteiger partial charge in [0.15, 0.2) is 0 Å². The van der Waals surface area contributed by atoms with Gasteiger partial charge in [0, 0.05) is 0 Å². The molecule has 4 heteroatoms. The van der Waals surface area contributed by atoms with E-state index in [1.54, 1.807) is 60.7 Å². The van der Waals surface area contributed by atoms with Gasteiger partial charge in [-0.15, -0.1) is 17.0 Å². The third-order valence-corrected chi connectivity index (χ3v) is 2.69. The highest BCUT2D eigenvalue weighted by Gasteiger charge is 2.39. The highest BCUT2D eigenvalue weighted by molar-refractivity contribution is 8.93. The van der Waals surface area contributed by atoms with E-state index in [9.17, 15) is 15.0 Å². The zero-order valence-corrected chi connectivity index (χ0v) is 11.2. The van der Waals surface area contributed by atoms with Gasteiger partial charge >= 0.3 is 5.97 Å². The number of carboxylic acids is 1. The maximum Gasteiger partial charge on any atom is 0.345 e. The van der Waals surface area contributed by atoms with Crippen molar-refractivity contribution in [3.8, 4) is 0 Å². The molecule has 0 saturated carbocycles. The van der Waals surface area contributed by atoms with Crippen molar-refractivity contribution in [2.45, 2.75) is 5.60 Å². The number of carboxylic acid groups (broad SMARTS) is 1. The van der Waals surface area contributed by atoms with Crippen LogP contribution in [0, 0.1) is 0 Å². The summed E-state index contributed by atoms with van der Waals surface area (Å²) in [5.41, 5.74) is -1.31. The van der Waals surface area contributed by atoms with Crippen molar-refractivity contribution in [1.29, 1.82) is 0 Å². The van der Waals surface area contributed by atoms with E-state index in [2.05, 4.69) is 0 Å². The number of rotatable bonds is 3. The molecule has 2 rings (SSSR count). The molecule has 0 unspecified atom stereocenters. The molecule has 0 saturated heterocycles. The highest BCUT2D eigenvalue weighted by Crippen LogP contribution is 2.29. The van der Waals surface area contributed by atoms with Gasteiger partial charge in [0.1, 0.15) is 0 Å². The average molecular weight is 309 g/mol. The topological polar surface area (TPSA) is 57.5 Å². The summed E-state index contributed by atoms with van der Waals surface area (Å²) < 4.78 is 0. The van der Waals surface area contributed by atoms with Crippen LogP contribution in [0.25, 0.3) is 0 Å². The summed E-state index contributed by atoms with van der Waals surface area (Å²) in [5.74, 6) is -1.28. The van der Waals surface area contributed by atoms with Crippen molar-refractivity contribution < 1.29 is 15.0 Å². The predicted octanol–water partition coefficient (Wildman–Crippen LogP) is 2.59. The number of halogens is 1. The van der Waals surface area contributed by atoms with Gasteiger partial charge in [-0.25, -0.2) is 4.79 Å². The Labute approximate surface area is 115 Å². The van der Waals surface area contributed by atoms with E-state index in [1.165, 1.54) is 0 Å². The average Bonchev–Trinajstić information content (AvgIpc) is 2.39. The Morgan fingerprint density at radius 1 is 0.833 bits per heavy atom. The van der Waals surface area contributed by atoms with Crippen LogP contribution >= 0.6 is 17.0 Å². The minimum atomic E-state index is -2.00. The molecule has 0 fully saturated rings. The molecule has 0 bridgehead atoms. The fourth-order valence-corrected chi connectivity index (χ4v) is 1.77. The van der Waals surface area contributed by atoms with Crippen LogP contribution in [0.4, 0.5) is 0 Å². The van der Waals surface area contributed by atoms with Crippen LogP contribution < -0.4 is 0 Å². The molecule has 2 aromatic carbocycles. The fraction of sp³-hybridized carbons (Fsp3) is 0.0714. The molecule has 3 nitrogen and oxygen atoms in total. The Balaban J connectivity index is 0.00000162. The standard InChI is InChI=1S/C14H12O3.BrH/c15-13(16)14(17,11-7-3-1-4-8-11)12-9-5-2-6-10-12;/h1-10,17H,(H,15,16);1H. The third kappa shape index (κ3) is 2.44. The van der Waals surface area contributed by atoms with E-state index in [0.717, 1.165) is 0 Å². The fourth-order valence-electron chi connectivity index (χ4n) is 1.77. The van der Waals surface area contributed by atoms with E-state index >= 15 is 0 Å². The maximum absolute atomic E-state index is 11.4. The molecular formula is C14H13BrO3. The SMILES string of the molecule is Br.O=C(O)C(O)(c1ccccc1)c1ccccc1. The first-order chi connectivity index (χ1) is 8.15. The van der Waals surface area contributed by atoms with Crippen LogP contribution in [0.15, 0.2) is 60.7 Å². The molecule has 2 N–H and O–H groups in total. The third-order valence-electron chi connectivity index (χ3n) is 2.69. The maximum atomic E-state index is 11.4. The van der Waals surface area contributed by atoms with Crippen molar-refractivity contribution in [2.75, 3.05) is 0 Å². The first-order valence-corrected chi connectivity index (χ1v) is 5.22. The van der Waals surface area contributed by atoms with Crippen molar-refractivity contribution >= 4 is 23.0 Å². The molecular weight excluding hydrogens is 296 g/mol. The molecule has 0 heterocycles. The second kappa shape index (κ2) is 5.80. The lowest BCUT2D eigenvalue weighted by molar-refractivity contribution is -0.155. The lowest BCUT2D eigenvalue weighted by atomic mass is 9.86. The lowest BCUT2D eigenvalue weighted by Crippen LogP contribution is -2.36. The van der Waals surface area contributed by atoms with Crippen molar-refractivity contribution in [3.63, 3.8) is 0 Å². The number of benzene rings is 2. The van der Waals surface area contributed by atoms with Crippen LogP contribution in [-0.4, -0.2) is 16.2 Å². The van der Waals surface area contributed by atoms with Gasteiger partial charge in [0.2, 0.25) is 5.60 Å². The van der Waals surface area contributed by atoms with Crippen LogP contribution in [0.3, 0.4) is 0 Å². The second-order valence-corrected chi connectivity index (χ2v) is 3.75. The van der Waals surface area contributed by atoms with Gasteiger partial charge in [0.25, 0.3) is 0 Å². The largest absolute Gasteiger partial charge is 0.479 e. The van der Waals surface area contributed by atoms with E-state index in [0.29, 0.717) is 11.1 Å². The van der Waals surface area contributed by atoms with Crippen molar-refractivity contribution in [3.05, 3.63) is 71.8 Å². The lowest BCUT2D eigenvalue weighted by Gasteiger charge is -2.24. The Morgan fingerprint density at radius 3 is 1.44 bits per heavy atom. The summed E-state index contributed by atoms with van der Waals surface area (Å²) >= 11 is 0. The molecule has 0 aliphatic carbocycles. The Bertz CT molecular complexity index is 472. The van der Waals surface area contributed by atoms with Gasteiger partial charge < -0.3 is 10.2 Å². The minimum absolute atomic E-state index is 0. The summed E-state index contributed by atoms with van der Waals surface area (Å²) in [7, 11) is 0. The molecule has 0 amide bonds. The first-order valence-electron chi connectivity index (χ1n) is 5.22. The summed E-state index contributed by atoms with van der Waals surface area (Å²) in [4.78, 5) is 11.4. The monoisotopic (exact) mass is 308 g/mol. The summed E-state index contributed by atoms with van der Waals surface area (Å²) in [6.45, 7) is 0. The van der Waals surface area contributed by atoms with E-state index < -0.39 is 11.6 Å². The molecule has 0 atom stereocenters. The Hall–Kier alpha value is -1.65. The number of hydrogen-bond donors (Lipinski definition) is 2. The normalized spacial score (nSPS) is 10.5. The first kappa shape index (κ1) is 14.4. The molecule has 0 aromatic heterocycles. The number of aliphatic hydroxyl groups is 1. The van der Waals surface area contributed by atoms with Crippen LogP contribution in [-0.2, 0) is 10.4 Å². The van der Waals surface area contributed by atoms with Crippen LogP contribution in [0.2, 0.25) is 0 Å². The quantitative estimate of drug-likeness (QED) is 0.916. The number of hydrogen-bond acceptors (Lipinski definition) is 2. The summed E-state index contributed by atoms with van der Waals surface area (Å²) in [5, 5.41) is 19.7.